The van der Waals surface area contributed by atoms with Gasteiger partial charge in [0.1, 0.15) is 12.4 Å². The molecular formula is C30H38FN3O4. The van der Waals surface area contributed by atoms with Crippen LogP contribution in [0, 0.1) is 11.2 Å². The molecule has 0 aromatic heterocycles. The van der Waals surface area contributed by atoms with Gasteiger partial charge in [0.2, 0.25) is 0 Å². The summed E-state index contributed by atoms with van der Waals surface area (Å²) in [5, 5.41) is 0. The summed E-state index contributed by atoms with van der Waals surface area (Å²) in [6.07, 6.45) is 5.63. The highest BCUT2D eigenvalue weighted by molar-refractivity contribution is 5.69. The highest BCUT2D eigenvalue weighted by Gasteiger charge is 2.56. The van der Waals surface area contributed by atoms with Crippen molar-refractivity contribution in [3.8, 4) is 0 Å². The summed E-state index contributed by atoms with van der Waals surface area (Å²) in [6, 6.07) is 15.7. The van der Waals surface area contributed by atoms with Gasteiger partial charge in [-0.25, -0.2) is 9.18 Å². The number of carbonyl (C=O) groups excluding carboxylic acids is 1. The van der Waals surface area contributed by atoms with E-state index < -0.39 is 5.79 Å². The molecule has 38 heavy (non-hydrogen) atoms. The first kappa shape index (κ1) is 25.4. The number of carbonyl (C=O) groups is 1. The van der Waals surface area contributed by atoms with Crippen molar-refractivity contribution in [2.24, 2.45) is 5.41 Å². The molecule has 1 aliphatic carbocycles. The van der Waals surface area contributed by atoms with E-state index in [1.54, 1.807) is 20.3 Å². The quantitative estimate of drug-likeness (QED) is 0.486. The Morgan fingerprint density at radius 2 is 1.63 bits per heavy atom. The van der Waals surface area contributed by atoms with E-state index in [-0.39, 0.29) is 36.0 Å². The fourth-order valence-corrected chi connectivity index (χ4v) is 7.23. The van der Waals surface area contributed by atoms with Crippen LogP contribution in [0.15, 0.2) is 48.5 Å². The van der Waals surface area contributed by atoms with Crippen LogP contribution in [0.2, 0.25) is 0 Å². The van der Waals surface area contributed by atoms with Gasteiger partial charge < -0.3 is 28.9 Å². The fourth-order valence-electron chi connectivity index (χ4n) is 7.23. The monoisotopic (exact) mass is 523 g/mol. The van der Waals surface area contributed by atoms with Crippen molar-refractivity contribution in [1.29, 1.82) is 0 Å². The van der Waals surface area contributed by atoms with E-state index in [9.17, 15) is 4.79 Å². The molecule has 2 aromatic carbocycles. The number of fused-ring (bicyclic) bond motifs is 2. The molecule has 0 N–H and O–H groups in total. The first-order valence-corrected chi connectivity index (χ1v) is 13.8. The zero-order valence-electron chi connectivity index (χ0n) is 22.4. The van der Waals surface area contributed by atoms with E-state index in [1.165, 1.54) is 0 Å². The number of rotatable bonds is 6. The van der Waals surface area contributed by atoms with Crippen molar-refractivity contribution >= 4 is 17.5 Å². The maximum Gasteiger partial charge on any atom is 0.410 e. The Balaban J connectivity index is 1.09. The molecule has 6 rings (SSSR count). The number of piperidine rings is 1. The van der Waals surface area contributed by atoms with E-state index in [0.29, 0.717) is 18.8 Å². The first-order valence-electron chi connectivity index (χ1n) is 13.8. The van der Waals surface area contributed by atoms with Crippen molar-refractivity contribution in [3.63, 3.8) is 0 Å². The maximum absolute atomic E-state index is 15.1. The number of anilines is 2. The number of hydrogen-bond donors (Lipinski definition) is 0. The number of nitrogens with zero attached hydrogens (tertiary/aromatic N) is 3. The minimum absolute atomic E-state index is 0.170. The summed E-state index contributed by atoms with van der Waals surface area (Å²) in [7, 11) is 3.43. The summed E-state index contributed by atoms with van der Waals surface area (Å²) in [4.78, 5) is 19.3. The molecule has 1 amide bonds. The summed E-state index contributed by atoms with van der Waals surface area (Å²) >= 11 is 0. The predicted molar refractivity (Wildman–Crippen MR) is 144 cm³/mol. The normalized spacial score (nSPS) is 25.4. The lowest BCUT2D eigenvalue weighted by molar-refractivity contribution is -0.300. The van der Waals surface area contributed by atoms with Crippen LogP contribution in [0.25, 0.3) is 0 Å². The lowest BCUT2D eigenvalue weighted by Gasteiger charge is -2.57. The minimum atomic E-state index is -0.442. The Morgan fingerprint density at radius 3 is 2.26 bits per heavy atom. The molecule has 3 heterocycles. The van der Waals surface area contributed by atoms with Crippen LogP contribution in [0.3, 0.4) is 0 Å². The van der Waals surface area contributed by atoms with Crippen molar-refractivity contribution in [2.75, 3.05) is 50.2 Å². The lowest BCUT2D eigenvalue weighted by Crippen LogP contribution is -2.58. The standard InChI is InChI=1S/C30H38FN3O4/c1-36-30(37-2)20-29(21-30)12-14-32(15-13-29)27-16-23(10-11-26(27)31)34-24-8-9-25(34)18-33(17-24)28(35)38-19-22-6-4-3-5-7-22/h3-7,10-11,16,24-25H,8-9,12-15,17-21H2,1-2H3. The Morgan fingerprint density at radius 1 is 0.974 bits per heavy atom. The van der Waals surface area contributed by atoms with Crippen LogP contribution in [-0.2, 0) is 20.8 Å². The average Bonchev–Trinajstić information content (AvgIpc) is 3.20. The Kier molecular flexibility index (Phi) is 6.72. The van der Waals surface area contributed by atoms with Gasteiger partial charge in [-0.2, -0.15) is 0 Å². The van der Waals surface area contributed by atoms with Gasteiger partial charge in [-0.15, -0.1) is 0 Å². The molecule has 2 unspecified atom stereocenters. The molecule has 8 heteroatoms. The fraction of sp³-hybridized carbons (Fsp3) is 0.567. The topological polar surface area (TPSA) is 54.5 Å². The molecule has 1 saturated carbocycles. The number of hydrogen-bond acceptors (Lipinski definition) is 6. The van der Waals surface area contributed by atoms with Gasteiger partial charge in [0.25, 0.3) is 0 Å². The molecule has 3 saturated heterocycles. The smallest absolute Gasteiger partial charge is 0.410 e. The zero-order chi connectivity index (χ0) is 26.3. The SMILES string of the molecule is COC1(OC)CC2(CCN(c3cc(N4C5CCC4CN(C(=O)OCc4ccccc4)C5)ccc3F)CC2)C1. The molecule has 4 fully saturated rings. The molecule has 4 aliphatic rings. The number of methoxy groups -OCH3 is 2. The molecule has 204 valence electrons. The van der Waals surface area contributed by atoms with Crippen LogP contribution in [0.4, 0.5) is 20.6 Å². The third-order valence-electron chi connectivity index (χ3n) is 9.37. The second kappa shape index (κ2) is 10.0. The minimum Gasteiger partial charge on any atom is -0.445 e. The zero-order valence-corrected chi connectivity index (χ0v) is 22.4. The van der Waals surface area contributed by atoms with Gasteiger partial charge in [-0.05, 0) is 54.9 Å². The Bertz CT molecular complexity index is 1130. The highest BCUT2D eigenvalue weighted by atomic mass is 19.1. The molecule has 2 aromatic rings. The van der Waals surface area contributed by atoms with Crippen LogP contribution < -0.4 is 9.80 Å². The molecule has 3 aliphatic heterocycles. The van der Waals surface area contributed by atoms with E-state index in [1.807, 2.05) is 47.4 Å². The number of likely N-dealkylation sites (tertiary alicyclic amines) is 1. The number of halogens is 1. The molecule has 1 spiro atoms. The highest BCUT2D eigenvalue weighted by Crippen LogP contribution is 2.56. The maximum atomic E-state index is 15.1. The summed E-state index contributed by atoms with van der Waals surface area (Å²) < 4.78 is 31.9. The van der Waals surface area contributed by atoms with Crippen LogP contribution in [0.5, 0.6) is 0 Å². The summed E-state index contributed by atoms with van der Waals surface area (Å²) in [5.41, 5.74) is 2.96. The number of ether oxygens (including phenoxy) is 3. The van der Waals surface area contributed by atoms with Gasteiger partial charge in [0, 0.05) is 71.0 Å². The number of piperazine rings is 1. The lowest BCUT2D eigenvalue weighted by atomic mass is 9.59. The molecular weight excluding hydrogens is 485 g/mol. The summed E-state index contributed by atoms with van der Waals surface area (Å²) in [6.45, 7) is 3.20. The second-order valence-corrected chi connectivity index (χ2v) is 11.5. The van der Waals surface area contributed by atoms with Crippen LogP contribution in [0.1, 0.15) is 44.1 Å². The Labute approximate surface area is 224 Å². The summed E-state index contributed by atoms with van der Waals surface area (Å²) in [5.74, 6) is -0.611. The third kappa shape index (κ3) is 4.62. The average molecular weight is 524 g/mol. The molecule has 2 bridgehead atoms. The van der Waals surface area contributed by atoms with E-state index >= 15 is 4.39 Å². The van der Waals surface area contributed by atoms with Crippen molar-refractivity contribution in [1.82, 2.24) is 4.90 Å². The molecule has 0 radical (unpaired) electrons. The van der Waals surface area contributed by atoms with E-state index in [4.69, 9.17) is 14.2 Å². The van der Waals surface area contributed by atoms with Crippen LogP contribution >= 0.6 is 0 Å². The van der Waals surface area contributed by atoms with Crippen LogP contribution in [-0.4, -0.2) is 69.3 Å². The molecule has 7 nitrogen and oxygen atoms in total. The second-order valence-electron chi connectivity index (χ2n) is 11.5. The van der Waals surface area contributed by atoms with Crippen molar-refractivity contribution in [3.05, 3.63) is 59.9 Å². The van der Waals surface area contributed by atoms with Gasteiger partial charge in [0.05, 0.1) is 5.69 Å². The molecule has 2 atom stereocenters. The number of benzene rings is 2. The van der Waals surface area contributed by atoms with Gasteiger partial charge in [-0.1, -0.05) is 30.3 Å². The Hall–Kier alpha value is -2.84. The van der Waals surface area contributed by atoms with Crippen molar-refractivity contribution in [2.45, 2.75) is 63.0 Å². The first-order chi connectivity index (χ1) is 18.4. The van der Waals surface area contributed by atoms with Gasteiger partial charge >= 0.3 is 6.09 Å². The number of amides is 1. The van der Waals surface area contributed by atoms with E-state index in [2.05, 4.69) is 9.80 Å². The van der Waals surface area contributed by atoms with Crippen molar-refractivity contribution < 1.29 is 23.4 Å². The largest absolute Gasteiger partial charge is 0.445 e. The van der Waals surface area contributed by atoms with Gasteiger partial charge in [0.15, 0.2) is 5.79 Å². The third-order valence-corrected chi connectivity index (χ3v) is 9.37. The van der Waals surface area contributed by atoms with Gasteiger partial charge in [-0.3, -0.25) is 0 Å². The predicted octanol–water partition coefficient (Wildman–Crippen LogP) is 5.19. The van der Waals surface area contributed by atoms with E-state index in [0.717, 1.165) is 62.9 Å².